The van der Waals surface area contributed by atoms with Gasteiger partial charge in [0.05, 0.1) is 12.6 Å². The van der Waals surface area contributed by atoms with Crippen molar-refractivity contribution < 1.29 is 19.1 Å². The maximum Gasteiger partial charge on any atom is 0.322 e. The second kappa shape index (κ2) is 7.55. The second-order valence-corrected chi connectivity index (χ2v) is 6.30. The molecule has 2 saturated heterocycles. The lowest BCUT2D eigenvalue weighted by molar-refractivity contribution is -0.132. The molecule has 0 radical (unpaired) electrons. The van der Waals surface area contributed by atoms with E-state index >= 15 is 0 Å². The second-order valence-electron chi connectivity index (χ2n) is 6.30. The number of amides is 4. The van der Waals surface area contributed by atoms with Gasteiger partial charge in [-0.1, -0.05) is 12.1 Å². The Morgan fingerprint density at radius 3 is 2.68 bits per heavy atom. The fourth-order valence-corrected chi connectivity index (χ4v) is 3.44. The van der Waals surface area contributed by atoms with Gasteiger partial charge in [0.25, 0.3) is 5.91 Å². The third-order valence-electron chi connectivity index (χ3n) is 4.65. The zero-order valence-corrected chi connectivity index (χ0v) is 14.3. The van der Waals surface area contributed by atoms with Crippen molar-refractivity contribution in [3.05, 3.63) is 29.8 Å². The molecule has 0 saturated carbocycles. The van der Waals surface area contributed by atoms with Gasteiger partial charge in [0, 0.05) is 13.0 Å². The van der Waals surface area contributed by atoms with Crippen LogP contribution in [0.4, 0.5) is 4.79 Å². The molecule has 2 fully saturated rings. The Morgan fingerprint density at radius 2 is 2.04 bits per heavy atom. The number of urea groups is 1. The van der Waals surface area contributed by atoms with E-state index in [1.165, 1.54) is 0 Å². The number of nitrogens with zero attached hydrogens (tertiary/aromatic N) is 1. The van der Waals surface area contributed by atoms with Crippen LogP contribution in [0.15, 0.2) is 24.3 Å². The zero-order valence-electron chi connectivity index (χ0n) is 14.3. The normalized spacial score (nSPS) is 22.7. The van der Waals surface area contributed by atoms with Crippen LogP contribution in [0.1, 0.15) is 44.2 Å². The number of benzene rings is 1. The maximum absolute atomic E-state index is 12.6. The number of hydrogen-bond acceptors (Lipinski definition) is 4. The summed E-state index contributed by atoms with van der Waals surface area (Å²) >= 11 is 0. The van der Waals surface area contributed by atoms with Crippen LogP contribution in [0.5, 0.6) is 5.75 Å². The Morgan fingerprint density at radius 1 is 1.28 bits per heavy atom. The molecule has 1 aromatic carbocycles. The minimum atomic E-state index is -0.608. The molecule has 134 valence electrons. The van der Waals surface area contributed by atoms with Crippen molar-refractivity contribution in [1.29, 1.82) is 0 Å². The van der Waals surface area contributed by atoms with E-state index in [-0.39, 0.29) is 24.3 Å². The Balaban J connectivity index is 1.59. The molecule has 2 aliphatic heterocycles. The molecule has 2 N–H and O–H groups in total. The zero-order chi connectivity index (χ0) is 17.8. The van der Waals surface area contributed by atoms with Crippen molar-refractivity contribution in [2.45, 2.75) is 44.7 Å². The molecule has 0 bridgehead atoms. The fourth-order valence-electron chi connectivity index (χ4n) is 3.44. The average Bonchev–Trinajstić information content (AvgIpc) is 3.20. The molecule has 2 aliphatic rings. The van der Waals surface area contributed by atoms with Gasteiger partial charge in [0.15, 0.2) is 0 Å². The molecule has 4 amide bonds. The summed E-state index contributed by atoms with van der Waals surface area (Å²) in [5, 5.41) is 4.71. The number of rotatable bonds is 6. The molecule has 1 aromatic rings. The maximum atomic E-state index is 12.6. The van der Waals surface area contributed by atoms with Crippen molar-refractivity contribution in [2.24, 2.45) is 0 Å². The van der Waals surface area contributed by atoms with Crippen molar-refractivity contribution in [3.8, 4) is 5.75 Å². The predicted molar refractivity (Wildman–Crippen MR) is 91.0 cm³/mol. The van der Waals surface area contributed by atoms with Crippen LogP contribution in [-0.4, -0.2) is 41.9 Å². The van der Waals surface area contributed by atoms with E-state index in [1.54, 1.807) is 0 Å². The SMILES string of the molecule is CCOc1ccc([C@H]2CCCN2C(=O)CC[C@H]2NC(=O)NC2=O)cc1. The van der Waals surface area contributed by atoms with Crippen molar-refractivity contribution in [1.82, 2.24) is 15.5 Å². The molecule has 0 aliphatic carbocycles. The molecule has 25 heavy (non-hydrogen) atoms. The van der Waals surface area contributed by atoms with Gasteiger partial charge < -0.3 is 15.0 Å². The highest BCUT2D eigenvalue weighted by Crippen LogP contribution is 2.33. The highest BCUT2D eigenvalue weighted by Gasteiger charge is 2.33. The van der Waals surface area contributed by atoms with E-state index in [4.69, 9.17) is 4.74 Å². The highest BCUT2D eigenvalue weighted by molar-refractivity contribution is 6.04. The third kappa shape index (κ3) is 3.92. The lowest BCUT2D eigenvalue weighted by atomic mass is 10.0. The van der Waals surface area contributed by atoms with Crippen LogP contribution < -0.4 is 15.4 Å². The lowest BCUT2D eigenvalue weighted by Gasteiger charge is -2.25. The number of likely N-dealkylation sites (tertiary alicyclic amines) is 1. The Bertz CT molecular complexity index is 659. The molecule has 2 heterocycles. The number of hydrogen-bond donors (Lipinski definition) is 2. The summed E-state index contributed by atoms with van der Waals surface area (Å²) in [6.07, 6.45) is 2.46. The minimum Gasteiger partial charge on any atom is -0.494 e. The first kappa shape index (κ1) is 17.3. The van der Waals surface area contributed by atoms with Crippen LogP contribution in [0.25, 0.3) is 0 Å². The highest BCUT2D eigenvalue weighted by atomic mass is 16.5. The van der Waals surface area contributed by atoms with E-state index < -0.39 is 12.1 Å². The smallest absolute Gasteiger partial charge is 0.322 e. The van der Waals surface area contributed by atoms with Crippen molar-refractivity contribution in [2.75, 3.05) is 13.2 Å². The predicted octanol–water partition coefficient (Wildman–Crippen LogP) is 1.74. The molecule has 0 spiro atoms. The average molecular weight is 345 g/mol. The quantitative estimate of drug-likeness (QED) is 0.769. The van der Waals surface area contributed by atoms with Gasteiger partial charge in [-0.15, -0.1) is 0 Å². The third-order valence-corrected chi connectivity index (χ3v) is 4.65. The Kier molecular flexibility index (Phi) is 5.21. The summed E-state index contributed by atoms with van der Waals surface area (Å²) < 4.78 is 5.46. The van der Waals surface area contributed by atoms with Gasteiger partial charge in [0.2, 0.25) is 5.91 Å². The topological polar surface area (TPSA) is 87.7 Å². The summed E-state index contributed by atoms with van der Waals surface area (Å²) in [6.45, 7) is 3.29. The number of carbonyl (C=O) groups is 3. The number of carbonyl (C=O) groups excluding carboxylic acids is 3. The molecule has 3 rings (SSSR count). The van der Waals surface area contributed by atoms with Crippen LogP contribution in [0.2, 0.25) is 0 Å². The fraction of sp³-hybridized carbons (Fsp3) is 0.500. The summed E-state index contributed by atoms with van der Waals surface area (Å²) in [5.41, 5.74) is 1.10. The van der Waals surface area contributed by atoms with Gasteiger partial charge in [-0.3, -0.25) is 14.9 Å². The van der Waals surface area contributed by atoms with Gasteiger partial charge in [-0.2, -0.15) is 0 Å². The van der Waals surface area contributed by atoms with Crippen molar-refractivity contribution >= 4 is 17.8 Å². The van der Waals surface area contributed by atoms with E-state index in [9.17, 15) is 14.4 Å². The van der Waals surface area contributed by atoms with Crippen LogP contribution >= 0.6 is 0 Å². The molecule has 2 atom stereocenters. The van der Waals surface area contributed by atoms with Gasteiger partial charge in [-0.25, -0.2) is 4.79 Å². The monoisotopic (exact) mass is 345 g/mol. The van der Waals surface area contributed by atoms with E-state index in [0.29, 0.717) is 13.0 Å². The van der Waals surface area contributed by atoms with Gasteiger partial charge in [-0.05, 0) is 43.9 Å². The van der Waals surface area contributed by atoms with Crippen LogP contribution in [0.3, 0.4) is 0 Å². The summed E-state index contributed by atoms with van der Waals surface area (Å²) in [5.74, 6) is 0.484. The molecular weight excluding hydrogens is 322 g/mol. The molecule has 0 aromatic heterocycles. The largest absolute Gasteiger partial charge is 0.494 e. The molecule has 7 heteroatoms. The number of nitrogens with one attached hydrogen (secondary N) is 2. The molecule has 0 unspecified atom stereocenters. The summed E-state index contributed by atoms with van der Waals surface area (Å²) in [6, 6.07) is 6.84. The van der Waals surface area contributed by atoms with Crippen LogP contribution in [-0.2, 0) is 9.59 Å². The van der Waals surface area contributed by atoms with E-state index in [1.807, 2.05) is 36.1 Å². The summed E-state index contributed by atoms with van der Waals surface area (Å²) in [4.78, 5) is 37.2. The standard InChI is InChI=1S/C18H23N3O4/c1-2-25-13-7-5-12(6-8-13)15-4-3-11-21(15)16(22)10-9-14-17(23)20-18(24)19-14/h5-8,14-15H,2-4,9-11H2,1H3,(H2,19,20,23,24)/t14-,15-/m1/s1. The molecular formula is C18H23N3O4. The van der Waals surface area contributed by atoms with E-state index in [0.717, 1.165) is 30.7 Å². The van der Waals surface area contributed by atoms with E-state index in [2.05, 4.69) is 10.6 Å². The first-order valence-corrected chi connectivity index (χ1v) is 8.72. The van der Waals surface area contributed by atoms with Gasteiger partial charge >= 0.3 is 6.03 Å². The Hall–Kier alpha value is -2.57. The van der Waals surface area contributed by atoms with Crippen LogP contribution in [0, 0.1) is 0 Å². The van der Waals surface area contributed by atoms with Crippen molar-refractivity contribution in [3.63, 3.8) is 0 Å². The minimum absolute atomic E-state index is 0.0188. The summed E-state index contributed by atoms with van der Waals surface area (Å²) in [7, 11) is 0. The number of ether oxygens (including phenoxy) is 1. The molecule has 7 nitrogen and oxygen atoms in total. The first-order valence-electron chi connectivity index (χ1n) is 8.72. The Labute approximate surface area is 146 Å². The first-order chi connectivity index (χ1) is 12.1. The number of imide groups is 1. The lowest BCUT2D eigenvalue weighted by Crippen LogP contribution is -2.34. The van der Waals surface area contributed by atoms with Gasteiger partial charge in [0.1, 0.15) is 11.8 Å².